The zero-order valence-corrected chi connectivity index (χ0v) is 2.43. The Labute approximate surface area is 29.5 Å². The van der Waals surface area contributed by atoms with Crippen LogP contribution in [-0.2, 0) is 4.84 Å². The molecule has 0 unspecified atom stereocenters. The second-order valence-corrected chi connectivity index (χ2v) is 0.574. The molecule has 0 spiro atoms. The fourth-order valence-corrected chi connectivity index (χ4v) is 0.132. The van der Waals surface area contributed by atoms with Gasteiger partial charge < -0.3 is 4.84 Å². The highest BCUT2D eigenvalue weighted by Gasteiger charge is 1.84. The van der Waals surface area contributed by atoms with Crippen LogP contribution in [0.4, 0.5) is 0 Å². The Morgan fingerprint density at radius 3 is 3.20 bits per heavy atom. The molecule has 0 aromatic rings. The van der Waals surface area contributed by atoms with Gasteiger partial charge in [-0.3, -0.25) is 5.43 Å². The Balaban J connectivity index is 2.32. The number of hydrogen-bond donors (Lipinski definition) is 1. The van der Waals surface area contributed by atoms with E-state index in [1.54, 1.807) is 0 Å². The van der Waals surface area contributed by atoms with E-state index in [1.165, 1.54) is 6.20 Å². The molecular formula is C2H2N2O. The minimum atomic E-state index is 1.47. The second kappa shape index (κ2) is 0.944. The number of nitrogens with one attached hydrogen (secondary N) is 1. The largest absolute Gasteiger partial charge is 0.361 e. The van der Waals surface area contributed by atoms with Crippen LogP contribution in [0.2, 0.25) is 0 Å². The predicted octanol–water partition coefficient (Wildman–Crippen LogP) is -0.685. The Morgan fingerprint density at radius 2 is 3.00 bits per heavy atom. The van der Waals surface area contributed by atoms with Crippen molar-refractivity contribution < 1.29 is 4.84 Å². The average molecular weight is 70.1 g/mol. The van der Waals surface area contributed by atoms with E-state index in [2.05, 4.69) is 22.1 Å². The molecule has 1 aliphatic rings. The van der Waals surface area contributed by atoms with Gasteiger partial charge in [-0.15, -0.1) is 0 Å². The zero-order chi connectivity index (χ0) is 3.54. The summed E-state index contributed by atoms with van der Waals surface area (Å²) in [7, 11) is 0. The molecular weight excluding hydrogens is 68.0 g/mol. The van der Waals surface area contributed by atoms with Crippen molar-refractivity contribution in [2.45, 2.75) is 0 Å². The maximum absolute atomic E-state index is 4.15. The van der Waals surface area contributed by atoms with Gasteiger partial charge in [-0.1, -0.05) is 0 Å². The third-order valence-electron chi connectivity index (χ3n) is 0.275. The van der Waals surface area contributed by atoms with Gasteiger partial charge in [0.2, 0.25) is 6.26 Å². The standard InChI is InChI=1S/C2H2N2O/c1-2-5-4-3-1/h1,3H. The zero-order valence-electron chi connectivity index (χ0n) is 2.43. The average Bonchev–Trinajstić information content (AvgIpc) is 1.76. The first-order chi connectivity index (χ1) is 2.50. The summed E-state index contributed by atoms with van der Waals surface area (Å²) in [5.74, 6) is 0. The molecule has 0 aromatic carbocycles. The highest BCUT2D eigenvalue weighted by Crippen LogP contribution is 1.71. The molecule has 0 atom stereocenters. The highest BCUT2D eigenvalue weighted by atomic mass is 16.7. The van der Waals surface area contributed by atoms with Crippen molar-refractivity contribution in [3.63, 3.8) is 0 Å². The molecule has 3 heteroatoms. The molecule has 0 aromatic heterocycles. The number of hydrogen-bond acceptors (Lipinski definition) is 2. The van der Waals surface area contributed by atoms with Crippen LogP contribution in [0.3, 0.4) is 0 Å². The Morgan fingerprint density at radius 1 is 2.00 bits per heavy atom. The molecule has 2 radical (unpaired) electrons. The van der Waals surface area contributed by atoms with E-state index in [0.717, 1.165) is 0 Å². The Hall–Kier alpha value is -0.700. The topological polar surface area (TPSA) is 35.4 Å². The normalized spacial score (nSPS) is 17.6. The summed E-state index contributed by atoms with van der Waals surface area (Å²) in [5.41, 5.74) is 5.56. The van der Waals surface area contributed by atoms with Crippen LogP contribution in [0.1, 0.15) is 0 Å². The first-order valence-corrected chi connectivity index (χ1v) is 1.19. The first-order valence-electron chi connectivity index (χ1n) is 1.19. The van der Waals surface area contributed by atoms with Gasteiger partial charge in [0.15, 0.2) is 0 Å². The minimum absolute atomic E-state index is 1.47. The molecule has 5 heavy (non-hydrogen) atoms. The SMILES string of the molecule is [C]1=CN[N]O1. The molecule has 1 rings (SSSR count). The minimum Gasteiger partial charge on any atom is -0.361 e. The lowest BCUT2D eigenvalue weighted by Gasteiger charge is -1.78. The Kier molecular flexibility index (Phi) is 0.478. The van der Waals surface area contributed by atoms with Crippen LogP contribution < -0.4 is 11.0 Å². The van der Waals surface area contributed by atoms with E-state index in [0.29, 0.717) is 0 Å². The molecule has 0 bridgehead atoms. The van der Waals surface area contributed by atoms with E-state index in [4.69, 9.17) is 0 Å². The Bertz CT molecular complexity index is 45.6. The van der Waals surface area contributed by atoms with Crippen LogP contribution in [-0.4, -0.2) is 0 Å². The van der Waals surface area contributed by atoms with Crippen LogP contribution >= 0.6 is 0 Å². The molecule has 26 valence electrons. The lowest BCUT2D eigenvalue weighted by Crippen LogP contribution is -2.08. The maximum Gasteiger partial charge on any atom is 0.215 e. The van der Waals surface area contributed by atoms with Gasteiger partial charge in [0.25, 0.3) is 0 Å². The maximum atomic E-state index is 4.15. The third-order valence-corrected chi connectivity index (χ3v) is 0.275. The van der Waals surface area contributed by atoms with E-state index in [1.807, 2.05) is 0 Å². The molecule has 0 fully saturated rings. The number of nitrogens with zero attached hydrogens (tertiary/aromatic N) is 1. The summed E-state index contributed by atoms with van der Waals surface area (Å²) in [6.45, 7) is 0. The monoisotopic (exact) mass is 70.0 g/mol. The molecule has 1 aliphatic heterocycles. The van der Waals surface area contributed by atoms with Crippen molar-refractivity contribution in [1.29, 1.82) is 0 Å². The molecule has 0 aliphatic carbocycles. The smallest absolute Gasteiger partial charge is 0.215 e. The van der Waals surface area contributed by atoms with E-state index in [9.17, 15) is 0 Å². The summed E-state index contributed by atoms with van der Waals surface area (Å²) in [5, 5.41) is 0. The quantitative estimate of drug-likeness (QED) is 0.409. The fraction of sp³-hybridized carbons (Fsp3) is 0. The van der Waals surface area contributed by atoms with Crippen LogP contribution in [0.5, 0.6) is 0 Å². The molecule has 3 nitrogen and oxygen atoms in total. The lowest BCUT2D eigenvalue weighted by atomic mass is 11.0. The second-order valence-electron chi connectivity index (χ2n) is 0.574. The van der Waals surface area contributed by atoms with E-state index >= 15 is 0 Å². The summed E-state index contributed by atoms with van der Waals surface area (Å²) in [6.07, 6.45) is 3.79. The molecule has 0 amide bonds. The van der Waals surface area contributed by atoms with Crippen molar-refractivity contribution in [3.8, 4) is 0 Å². The molecule has 1 N–H and O–H groups in total. The van der Waals surface area contributed by atoms with Gasteiger partial charge in [0.05, 0.1) is 11.8 Å². The summed E-state index contributed by atoms with van der Waals surface area (Å²) in [6, 6.07) is 0. The van der Waals surface area contributed by atoms with Crippen molar-refractivity contribution in [2.24, 2.45) is 0 Å². The van der Waals surface area contributed by atoms with Crippen molar-refractivity contribution >= 4 is 0 Å². The van der Waals surface area contributed by atoms with Gasteiger partial charge in [0, 0.05) is 0 Å². The van der Waals surface area contributed by atoms with Crippen LogP contribution in [0.15, 0.2) is 6.20 Å². The number of rotatable bonds is 0. The first kappa shape index (κ1) is 2.53. The van der Waals surface area contributed by atoms with Gasteiger partial charge in [-0.05, 0) is 0 Å². The van der Waals surface area contributed by atoms with Crippen LogP contribution in [0, 0.1) is 6.26 Å². The summed E-state index contributed by atoms with van der Waals surface area (Å²) < 4.78 is 0. The van der Waals surface area contributed by atoms with Crippen molar-refractivity contribution in [2.75, 3.05) is 0 Å². The summed E-state index contributed by atoms with van der Waals surface area (Å²) >= 11 is 0. The van der Waals surface area contributed by atoms with Crippen molar-refractivity contribution in [1.82, 2.24) is 11.0 Å². The third kappa shape index (κ3) is 0.302. The van der Waals surface area contributed by atoms with Gasteiger partial charge in [0.1, 0.15) is 0 Å². The van der Waals surface area contributed by atoms with E-state index < -0.39 is 0 Å². The van der Waals surface area contributed by atoms with Gasteiger partial charge in [-0.2, -0.15) is 0 Å². The molecule has 1 heterocycles. The fourth-order valence-electron chi connectivity index (χ4n) is 0.132. The summed E-state index contributed by atoms with van der Waals surface area (Å²) in [4.78, 5) is 4.15. The van der Waals surface area contributed by atoms with Gasteiger partial charge >= 0.3 is 0 Å². The molecule has 0 saturated heterocycles. The molecule has 0 saturated carbocycles. The lowest BCUT2D eigenvalue weighted by molar-refractivity contribution is 0.112. The van der Waals surface area contributed by atoms with Crippen molar-refractivity contribution in [3.05, 3.63) is 12.5 Å². The highest BCUT2D eigenvalue weighted by molar-refractivity contribution is 4.60. The van der Waals surface area contributed by atoms with E-state index in [-0.39, 0.29) is 0 Å². The van der Waals surface area contributed by atoms with Gasteiger partial charge in [-0.25, -0.2) is 0 Å². The van der Waals surface area contributed by atoms with Crippen LogP contribution in [0.25, 0.3) is 0 Å². The predicted molar refractivity (Wildman–Crippen MR) is 14.2 cm³/mol.